The number of benzene rings is 1. The summed E-state index contributed by atoms with van der Waals surface area (Å²) in [6.07, 6.45) is -0.183. The monoisotopic (exact) mass is 315 g/mol. The van der Waals surface area contributed by atoms with E-state index in [2.05, 4.69) is 4.98 Å². The average molecular weight is 316 g/mol. The van der Waals surface area contributed by atoms with Crippen molar-refractivity contribution in [1.82, 2.24) is 4.98 Å². The highest BCUT2D eigenvalue weighted by molar-refractivity contribution is 6.35. The summed E-state index contributed by atoms with van der Waals surface area (Å²) in [7, 11) is 0. The van der Waals surface area contributed by atoms with Crippen LogP contribution in [0.1, 0.15) is 17.3 Å². The van der Waals surface area contributed by atoms with E-state index in [1.54, 1.807) is 25.1 Å². The minimum atomic E-state index is -0.963. The normalized spacial score (nSPS) is 10.6. The number of aryl methyl sites for hydroxylation is 1. The summed E-state index contributed by atoms with van der Waals surface area (Å²) in [6.45, 7) is 1.71. The van der Waals surface area contributed by atoms with Crippen molar-refractivity contribution < 1.29 is 19.1 Å². The second-order valence-electron chi connectivity index (χ2n) is 4.04. The van der Waals surface area contributed by atoms with Crippen molar-refractivity contribution in [1.29, 1.82) is 0 Å². The number of oxazole rings is 1. The van der Waals surface area contributed by atoms with Gasteiger partial charge in [0.25, 0.3) is 0 Å². The van der Waals surface area contributed by atoms with Crippen molar-refractivity contribution in [2.24, 2.45) is 0 Å². The van der Waals surface area contributed by atoms with E-state index in [9.17, 15) is 4.79 Å². The molecule has 0 saturated heterocycles. The van der Waals surface area contributed by atoms with Crippen LogP contribution in [-0.4, -0.2) is 16.1 Å². The first-order valence-corrected chi connectivity index (χ1v) is 6.46. The molecule has 1 heterocycles. The summed E-state index contributed by atoms with van der Waals surface area (Å²) in [6, 6.07) is 4.85. The first-order chi connectivity index (χ1) is 9.45. The molecule has 0 radical (unpaired) electrons. The maximum absolute atomic E-state index is 10.6. The molecule has 0 amide bonds. The third-order valence-corrected chi connectivity index (χ3v) is 3.03. The Kier molecular flexibility index (Phi) is 4.52. The molecule has 0 bridgehead atoms. The highest BCUT2D eigenvalue weighted by Gasteiger charge is 2.13. The minimum absolute atomic E-state index is 0.0574. The van der Waals surface area contributed by atoms with Crippen LogP contribution in [0.25, 0.3) is 0 Å². The van der Waals surface area contributed by atoms with E-state index in [1.165, 1.54) is 0 Å². The topological polar surface area (TPSA) is 72.6 Å². The van der Waals surface area contributed by atoms with E-state index in [-0.39, 0.29) is 13.0 Å². The van der Waals surface area contributed by atoms with Crippen LogP contribution in [0.5, 0.6) is 5.75 Å². The lowest BCUT2D eigenvalue weighted by Crippen LogP contribution is -2.02. The average Bonchev–Trinajstić information content (AvgIpc) is 2.68. The van der Waals surface area contributed by atoms with Crippen LogP contribution in [0, 0.1) is 6.92 Å². The van der Waals surface area contributed by atoms with Crippen LogP contribution < -0.4 is 4.74 Å². The number of ether oxygens (including phenoxy) is 1. The Morgan fingerprint density at radius 1 is 1.45 bits per heavy atom. The second-order valence-corrected chi connectivity index (χ2v) is 4.89. The lowest BCUT2D eigenvalue weighted by Gasteiger charge is -2.05. The third-order valence-electron chi connectivity index (χ3n) is 2.50. The van der Waals surface area contributed by atoms with E-state index in [0.717, 1.165) is 0 Å². The van der Waals surface area contributed by atoms with Gasteiger partial charge < -0.3 is 14.3 Å². The second kappa shape index (κ2) is 6.15. The van der Waals surface area contributed by atoms with Gasteiger partial charge in [-0.05, 0) is 25.1 Å². The molecule has 0 saturated carbocycles. The maximum atomic E-state index is 10.6. The van der Waals surface area contributed by atoms with E-state index in [4.69, 9.17) is 37.5 Å². The predicted molar refractivity (Wildman–Crippen MR) is 73.4 cm³/mol. The number of aliphatic carboxylic acids is 1. The van der Waals surface area contributed by atoms with Crippen LogP contribution in [-0.2, 0) is 17.8 Å². The highest BCUT2D eigenvalue weighted by Crippen LogP contribution is 2.28. The van der Waals surface area contributed by atoms with Crippen molar-refractivity contribution in [3.05, 3.63) is 45.6 Å². The molecule has 7 heteroatoms. The Balaban J connectivity index is 2.05. The summed E-state index contributed by atoms with van der Waals surface area (Å²) in [5.41, 5.74) is 0.387. The molecule has 20 heavy (non-hydrogen) atoms. The Hall–Kier alpha value is -1.72. The third kappa shape index (κ3) is 3.65. The predicted octanol–water partition coefficient (Wildman–Crippen LogP) is 3.50. The van der Waals surface area contributed by atoms with Gasteiger partial charge in [0.1, 0.15) is 11.5 Å². The molecule has 5 nitrogen and oxygen atoms in total. The number of carboxylic acids is 1. The van der Waals surface area contributed by atoms with Crippen molar-refractivity contribution in [3.63, 3.8) is 0 Å². The molecule has 1 aromatic carbocycles. The van der Waals surface area contributed by atoms with Crippen molar-refractivity contribution >= 4 is 29.2 Å². The fraction of sp³-hybridized carbons (Fsp3) is 0.231. The number of carbonyl (C=O) groups is 1. The Morgan fingerprint density at radius 2 is 2.20 bits per heavy atom. The molecule has 1 N–H and O–H groups in total. The van der Waals surface area contributed by atoms with Gasteiger partial charge in [-0.2, -0.15) is 0 Å². The van der Waals surface area contributed by atoms with Gasteiger partial charge >= 0.3 is 5.97 Å². The molecular weight excluding hydrogens is 305 g/mol. The number of hydrogen-bond donors (Lipinski definition) is 1. The molecule has 2 rings (SSSR count). The zero-order valence-corrected chi connectivity index (χ0v) is 12.0. The summed E-state index contributed by atoms with van der Waals surface area (Å²) < 4.78 is 10.8. The summed E-state index contributed by atoms with van der Waals surface area (Å²) in [5, 5.41) is 9.62. The molecule has 0 spiro atoms. The molecule has 106 valence electrons. The Labute approximate surface area is 125 Å². The van der Waals surface area contributed by atoms with Gasteiger partial charge in [0, 0.05) is 5.02 Å². The zero-order valence-electron chi connectivity index (χ0n) is 10.5. The number of nitrogens with zero attached hydrogens (tertiary/aromatic N) is 1. The molecule has 2 aromatic rings. The van der Waals surface area contributed by atoms with E-state index in [0.29, 0.717) is 33.1 Å². The Bertz CT molecular complexity index is 639. The Morgan fingerprint density at radius 3 is 2.85 bits per heavy atom. The van der Waals surface area contributed by atoms with Gasteiger partial charge in [0.2, 0.25) is 5.89 Å². The van der Waals surface area contributed by atoms with Crippen molar-refractivity contribution in [2.75, 3.05) is 0 Å². The van der Waals surface area contributed by atoms with Gasteiger partial charge in [-0.1, -0.05) is 23.2 Å². The molecule has 0 fully saturated rings. The number of rotatable bonds is 5. The molecule has 0 aliphatic heterocycles. The van der Waals surface area contributed by atoms with Crippen LogP contribution in [0.4, 0.5) is 0 Å². The SMILES string of the molecule is Cc1oc(COc2ccc(Cl)cc2Cl)nc1CC(=O)O. The first kappa shape index (κ1) is 14.7. The van der Waals surface area contributed by atoms with Crippen LogP contribution in [0.3, 0.4) is 0 Å². The molecule has 0 aliphatic carbocycles. The highest BCUT2D eigenvalue weighted by atomic mass is 35.5. The van der Waals surface area contributed by atoms with Gasteiger partial charge in [-0.3, -0.25) is 4.79 Å². The molecule has 0 aliphatic rings. The fourth-order valence-electron chi connectivity index (χ4n) is 1.59. The van der Waals surface area contributed by atoms with Gasteiger partial charge in [0.05, 0.1) is 17.1 Å². The zero-order chi connectivity index (χ0) is 14.7. The number of aromatic nitrogens is 1. The van der Waals surface area contributed by atoms with Crippen LogP contribution in [0.15, 0.2) is 22.6 Å². The van der Waals surface area contributed by atoms with Gasteiger partial charge in [-0.15, -0.1) is 0 Å². The largest absolute Gasteiger partial charge is 0.482 e. The lowest BCUT2D eigenvalue weighted by molar-refractivity contribution is -0.136. The smallest absolute Gasteiger partial charge is 0.309 e. The summed E-state index contributed by atoms with van der Waals surface area (Å²) in [5.74, 6) is 0.249. The molecule has 1 aromatic heterocycles. The number of halogens is 2. The fourth-order valence-corrected chi connectivity index (χ4v) is 2.05. The molecule has 0 unspecified atom stereocenters. The van der Waals surface area contributed by atoms with E-state index >= 15 is 0 Å². The summed E-state index contributed by atoms with van der Waals surface area (Å²) >= 11 is 11.7. The molecular formula is C13H11Cl2NO4. The van der Waals surface area contributed by atoms with E-state index < -0.39 is 5.97 Å². The van der Waals surface area contributed by atoms with Crippen LogP contribution >= 0.6 is 23.2 Å². The maximum Gasteiger partial charge on any atom is 0.309 e. The van der Waals surface area contributed by atoms with Gasteiger partial charge in [0.15, 0.2) is 6.61 Å². The number of hydrogen-bond acceptors (Lipinski definition) is 4. The van der Waals surface area contributed by atoms with E-state index in [1.807, 2.05) is 0 Å². The summed E-state index contributed by atoms with van der Waals surface area (Å²) in [4.78, 5) is 14.7. The van der Waals surface area contributed by atoms with Crippen molar-refractivity contribution in [3.8, 4) is 5.75 Å². The van der Waals surface area contributed by atoms with Crippen LogP contribution in [0.2, 0.25) is 10.0 Å². The van der Waals surface area contributed by atoms with Crippen molar-refractivity contribution in [2.45, 2.75) is 20.0 Å². The standard InChI is InChI=1S/C13H11Cl2NO4/c1-7-10(5-13(17)18)16-12(20-7)6-19-11-3-2-8(14)4-9(11)15/h2-4H,5-6H2,1H3,(H,17,18). The molecule has 0 atom stereocenters. The lowest BCUT2D eigenvalue weighted by atomic mass is 10.3. The first-order valence-electron chi connectivity index (χ1n) is 5.70. The van der Waals surface area contributed by atoms with Gasteiger partial charge in [-0.25, -0.2) is 4.98 Å². The quantitative estimate of drug-likeness (QED) is 0.914. The minimum Gasteiger partial charge on any atom is -0.482 e. The number of carboxylic acid groups (broad SMARTS) is 1.